The highest BCUT2D eigenvalue weighted by Crippen LogP contribution is 2.28. The van der Waals surface area contributed by atoms with Crippen LogP contribution in [0, 0.1) is 11.8 Å². The number of rotatable bonds is 5. The van der Waals surface area contributed by atoms with Crippen molar-refractivity contribution in [2.75, 3.05) is 6.54 Å². The molecule has 2 unspecified atom stereocenters. The molecule has 0 radical (unpaired) electrons. The van der Waals surface area contributed by atoms with Gasteiger partial charge in [-0.25, -0.2) is 0 Å². The van der Waals surface area contributed by atoms with Crippen molar-refractivity contribution >= 4 is 5.91 Å². The third-order valence-electron chi connectivity index (χ3n) is 4.38. The van der Waals surface area contributed by atoms with Crippen molar-refractivity contribution in [3.63, 3.8) is 0 Å². The highest BCUT2D eigenvalue weighted by atomic mass is 16.2. The molecule has 1 amide bonds. The molecule has 18 heavy (non-hydrogen) atoms. The zero-order chi connectivity index (χ0) is 13.1. The summed E-state index contributed by atoms with van der Waals surface area (Å²) in [6.07, 6.45) is 7.61. The van der Waals surface area contributed by atoms with Crippen LogP contribution >= 0.6 is 0 Å². The molecule has 1 heterocycles. The highest BCUT2D eigenvalue weighted by Gasteiger charge is 2.38. The average Bonchev–Trinajstić information content (AvgIpc) is 2.91. The summed E-state index contributed by atoms with van der Waals surface area (Å²) in [7, 11) is 0. The minimum Gasteiger partial charge on any atom is -0.326 e. The second-order valence-electron chi connectivity index (χ2n) is 6.41. The second kappa shape index (κ2) is 6.05. The molecular formula is C15H28N2O. The lowest BCUT2D eigenvalue weighted by atomic mass is 10.1. The Labute approximate surface area is 111 Å². The zero-order valence-electron chi connectivity index (χ0n) is 12.1. The molecule has 2 fully saturated rings. The molecular weight excluding hydrogens is 224 g/mol. The molecule has 2 aliphatic rings. The van der Waals surface area contributed by atoms with E-state index < -0.39 is 0 Å². The molecule has 3 nitrogen and oxygen atoms in total. The van der Waals surface area contributed by atoms with E-state index in [4.69, 9.17) is 0 Å². The van der Waals surface area contributed by atoms with Gasteiger partial charge in [0.1, 0.15) is 0 Å². The van der Waals surface area contributed by atoms with Crippen LogP contribution in [0.15, 0.2) is 0 Å². The molecule has 1 aliphatic heterocycles. The lowest BCUT2D eigenvalue weighted by Crippen LogP contribution is -2.40. The van der Waals surface area contributed by atoms with E-state index in [9.17, 15) is 4.79 Å². The molecule has 0 bridgehead atoms. The van der Waals surface area contributed by atoms with Crippen LogP contribution < -0.4 is 5.32 Å². The van der Waals surface area contributed by atoms with Crippen LogP contribution in [-0.2, 0) is 4.79 Å². The van der Waals surface area contributed by atoms with E-state index in [0.29, 0.717) is 11.8 Å². The van der Waals surface area contributed by atoms with Crippen LogP contribution in [0.25, 0.3) is 0 Å². The number of carbonyl (C=O) groups excluding carboxylic acids is 1. The van der Waals surface area contributed by atoms with Crippen LogP contribution in [-0.4, -0.2) is 29.6 Å². The summed E-state index contributed by atoms with van der Waals surface area (Å²) < 4.78 is 0. The number of hydrogen-bond donors (Lipinski definition) is 1. The van der Waals surface area contributed by atoms with E-state index in [0.717, 1.165) is 25.3 Å². The molecule has 104 valence electrons. The Bertz CT molecular complexity index is 284. The van der Waals surface area contributed by atoms with Crippen LogP contribution in [0.3, 0.4) is 0 Å². The Balaban J connectivity index is 1.99. The first-order chi connectivity index (χ1) is 8.61. The van der Waals surface area contributed by atoms with E-state index in [1.165, 1.54) is 25.7 Å². The Hall–Kier alpha value is -0.570. The zero-order valence-corrected chi connectivity index (χ0v) is 12.1. The predicted octanol–water partition coefficient (Wildman–Crippen LogP) is 2.76. The summed E-state index contributed by atoms with van der Waals surface area (Å²) in [4.78, 5) is 14.5. The lowest BCUT2D eigenvalue weighted by Gasteiger charge is -2.28. The van der Waals surface area contributed by atoms with Gasteiger partial charge in [0, 0.05) is 6.54 Å². The summed E-state index contributed by atoms with van der Waals surface area (Å²) in [5.74, 6) is 1.73. The van der Waals surface area contributed by atoms with Gasteiger partial charge in [0.25, 0.3) is 0 Å². The Kier molecular flexibility index (Phi) is 4.66. The van der Waals surface area contributed by atoms with Crippen molar-refractivity contribution in [3.05, 3.63) is 0 Å². The van der Waals surface area contributed by atoms with Crippen molar-refractivity contribution < 1.29 is 4.79 Å². The van der Waals surface area contributed by atoms with Gasteiger partial charge in [0.05, 0.1) is 12.2 Å². The molecule has 0 aromatic rings. The fourth-order valence-electron chi connectivity index (χ4n) is 3.37. The standard InChI is InChI=1S/C15H28N2O/c1-4-13-15(18)17(10-12-7-5-6-8-12)14(16-13)9-11(2)3/h11-14,16H,4-10H2,1-3H3. The van der Waals surface area contributed by atoms with Gasteiger partial charge in [-0.3, -0.25) is 10.1 Å². The fraction of sp³-hybridized carbons (Fsp3) is 0.933. The highest BCUT2D eigenvalue weighted by molar-refractivity contribution is 5.84. The Morgan fingerprint density at radius 1 is 1.33 bits per heavy atom. The quantitative estimate of drug-likeness (QED) is 0.816. The van der Waals surface area contributed by atoms with Crippen molar-refractivity contribution in [2.45, 2.75) is 71.5 Å². The van der Waals surface area contributed by atoms with E-state index in [1.807, 2.05) is 0 Å². The number of carbonyl (C=O) groups is 1. The topological polar surface area (TPSA) is 32.3 Å². The van der Waals surface area contributed by atoms with E-state index in [-0.39, 0.29) is 12.2 Å². The molecule has 2 atom stereocenters. The monoisotopic (exact) mass is 252 g/mol. The SMILES string of the molecule is CCC1NC(CC(C)C)N(CC2CCCC2)C1=O. The Morgan fingerprint density at radius 2 is 2.00 bits per heavy atom. The van der Waals surface area contributed by atoms with Crippen LogP contribution in [0.4, 0.5) is 0 Å². The molecule has 1 saturated carbocycles. The maximum absolute atomic E-state index is 12.4. The number of amides is 1. The largest absolute Gasteiger partial charge is 0.326 e. The molecule has 0 spiro atoms. The minimum atomic E-state index is 0.0650. The minimum absolute atomic E-state index is 0.0650. The molecule has 2 rings (SSSR count). The van der Waals surface area contributed by atoms with E-state index in [1.54, 1.807) is 0 Å². The number of nitrogens with zero attached hydrogens (tertiary/aromatic N) is 1. The molecule has 3 heteroatoms. The lowest BCUT2D eigenvalue weighted by molar-refractivity contribution is -0.130. The van der Waals surface area contributed by atoms with Gasteiger partial charge in [-0.1, -0.05) is 33.6 Å². The van der Waals surface area contributed by atoms with Crippen LogP contribution in [0.2, 0.25) is 0 Å². The van der Waals surface area contributed by atoms with Crippen molar-refractivity contribution in [1.82, 2.24) is 10.2 Å². The van der Waals surface area contributed by atoms with Crippen molar-refractivity contribution in [2.24, 2.45) is 11.8 Å². The van der Waals surface area contributed by atoms with Crippen LogP contribution in [0.5, 0.6) is 0 Å². The second-order valence-corrected chi connectivity index (χ2v) is 6.41. The predicted molar refractivity (Wildman–Crippen MR) is 74.1 cm³/mol. The van der Waals surface area contributed by atoms with Crippen molar-refractivity contribution in [1.29, 1.82) is 0 Å². The first-order valence-corrected chi connectivity index (χ1v) is 7.68. The van der Waals surface area contributed by atoms with Gasteiger partial charge in [-0.2, -0.15) is 0 Å². The van der Waals surface area contributed by atoms with Crippen molar-refractivity contribution in [3.8, 4) is 0 Å². The first kappa shape index (κ1) is 13.9. The maximum Gasteiger partial charge on any atom is 0.241 e. The summed E-state index contributed by atoms with van der Waals surface area (Å²) in [5.41, 5.74) is 0. The molecule has 1 N–H and O–H groups in total. The summed E-state index contributed by atoms with van der Waals surface area (Å²) in [5, 5.41) is 3.52. The summed E-state index contributed by atoms with van der Waals surface area (Å²) in [6, 6.07) is 0.0650. The van der Waals surface area contributed by atoms with Gasteiger partial charge in [0.15, 0.2) is 0 Å². The van der Waals surface area contributed by atoms with Gasteiger partial charge in [0.2, 0.25) is 5.91 Å². The smallest absolute Gasteiger partial charge is 0.241 e. The molecule has 1 saturated heterocycles. The van der Waals surface area contributed by atoms with Gasteiger partial charge in [-0.05, 0) is 37.5 Å². The normalized spacial score (nSPS) is 29.8. The van der Waals surface area contributed by atoms with E-state index in [2.05, 4.69) is 31.0 Å². The molecule has 0 aromatic carbocycles. The van der Waals surface area contributed by atoms with Crippen LogP contribution in [0.1, 0.15) is 59.3 Å². The number of nitrogens with one attached hydrogen (secondary N) is 1. The average molecular weight is 252 g/mol. The fourth-order valence-corrected chi connectivity index (χ4v) is 3.37. The third kappa shape index (κ3) is 3.05. The van der Waals surface area contributed by atoms with Gasteiger partial charge >= 0.3 is 0 Å². The summed E-state index contributed by atoms with van der Waals surface area (Å²) in [6.45, 7) is 7.55. The third-order valence-corrected chi connectivity index (χ3v) is 4.38. The molecule has 1 aliphatic carbocycles. The maximum atomic E-state index is 12.4. The van der Waals surface area contributed by atoms with Gasteiger partial charge < -0.3 is 4.90 Å². The first-order valence-electron chi connectivity index (χ1n) is 7.68. The van der Waals surface area contributed by atoms with Gasteiger partial charge in [-0.15, -0.1) is 0 Å². The number of hydrogen-bond acceptors (Lipinski definition) is 2. The summed E-state index contributed by atoms with van der Waals surface area (Å²) >= 11 is 0. The Morgan fingerprint density at radius 3 is 2.56 bits per heavy atom. The van der Waals surface area contributed by atoms with E-state index >= 15 is 0 Å². The molecule has 0 aromatic heterocycles.